The number of hydrogen-bond donors (Lipinski definition) is 0. The Labute approximate surface area is 359 Å². The molecule has 0 aliphatic carbocycles. The predicted octanol–water partition coefficient (Wildman–Crippen LogP) is 8.25. The number of rotatable bonds is 4. The summed E-state index contributed by atoms with van der Waals surface area (Å²) in [5.74, 6) is 0. The van der Waals surface area contributed by atoms with Crippen molar-refractivity contribution < 1.29 is 9.47 Å². The molecule has 0 spiro atoms. The number of imidazole rings is 2. The molecule has 6 aromatic heterocycles. The molecule has 0 saturated heterocycles. The first-order valence-corrected chi connectivity index (χ1v) is 27.0. The molecule has 0 bridgehead atoms. The molecule has 8 rings (SSSR count). The van der Waals surface area contributed by atoms with Gasteiger partial charge in [-0.05, 0) is 67.4 Å². The van der Waals surface area contributed by atoms with Crippen LogP contribution in [0.2, 0.25) is 0 Å². The van der Waals surface area contributed by atoms with E-state index in [0.29, 0.717) is 9.47 Å². The first kappa shape index (κ1) is 49.7. The minimum absolute atomic E-state index is 0. The third-order valence-electron chi connectivity index (χ3n) is 7.78. The zero-order valence-electron chi connectivity index (χ0n) is 33.0. The number of aryl methyl sites for hydroxylation is 2. The Hall–Kier alpha value is -2.34. The Morgan fingerprint density at radius 2 is 1.04 bits per heavy atom. The summed E-state index contributed by atoms with van der Waals surface area (Å²) >= 11 is 4.74. The molecule has 54 heavy (non-hydrogen) atoms. The molecule has 0 amide bonds. The molecule has 266 valence electrons. The van der Waals surface area contributed by atoms with Gasteiger partial charge in [0.2, 0.25) is 0 Å². The van der Waals surface area contributed by atoms with Gasteiger partial charge in [0.15, 0.2) is 0 Å². The quantitative estimate of drug-likeness (QED) is 0.132. The van der Waals surface area contributed by atoms with E-state index in [1.165, 1.54) is 0 Å². The summed E-state index contributed by atoms with van der Waals surface area (Å²) in [6.45, 7) is 20.2. The molecule has 6 nitrogen and oxygen atoms in total. The van der Waals surface area contributed by atoms with Crippen molar-refractivity contribution in [2.45, 2.75) is 69.2 Å². The Morgan fingerprint density at radius 3 is 1.56 bits per heavy atom. The van der Waals surface area contributed by atoms with Gasteiger partial charge in [-0.2, -0.15) is 0 Å². The van der Waals surface area contributed by atoms with E-state index in [1.807, 2.05) is 137 Å². The maximum absolute atomic E-state index is 5.63. The van der Waals surface area contributed by atoms with E-state index in [1.54, 1.807) is 14.1 Å². The predicted molar refractivity (Wildman–Crippen MR) is 258 cm³/mol. The molecule has 2 aromatic carbocycles. The SMILES string of the molecule is CC.CC.CC.CC.[B].[B][B][B]c1c(C)c2cccnc2n2c1nc1ccccc12.[B][B][B]c1c(C)c2cnccc2n2c1nc1ccccc12.[I][V][I]. The Bertz CT molecular complexity index is 2160. The fourth-order valence-corrected chi connectivity index (χ4v) is 5.83. The number of aromatic nitrogens is 6. The average molecular weight is 965 g/mol. The molecule has 0 saturated carbocycles. The molecule has 0 unspecified atom stereocenters. The van der Waals surface area contributed by atoms with Gasteiger partial charge >= 0.3 is 49.4 Å². The number of fused-ring (bicyclic) bond motifs is 10. The van der Waals surface area contributed by atoms with E-state index in [0.717, 1.165) is 77.3 Å². The zero-order chi connectivity index (χ0) is 39.5. The van der Waals surface area contributed by atoms with E-state index >= 15 is 0 Å². The van der Waals surface area contributed by atoms with Crippen LogP contribution in [0.1, 0.15) is 66.5 Å². The molecule has 16 heteroatoms. The average Bonchev–Trinajstić information content (AvgIpc) is 3.81. The Morgan fingerprint density at radius 1 is 0.574 bits per heavy atom. The number of para-hydroxylation sites is 4. The summed E-state index contributed by atoms with van der Waals surface area (Å²) in [4.78, 5) is 18.4. The number of hydrogen-bond acceptors (Lipinski definition) is 4. The van der Waals surface area contributed by atoms with Gasteiger partial charge in [-0.1, -0.05) is 90.6 Å². The van der Waals surface area contributed by atoms with Crippen LogP contribution in [0.15, 0.2) is 85.3 Å². The minimum atomic E-state index is 0. The fourth-order valence-electron chi connectivity index (χ4n) is 5.83. The van der Waals surface area contributed by atoms with Crippen molar-refractivity contribution in [3.05, 3.63) is 96.4 Å². The molecule has 0 fully saturated rings. The number of halogens is 2. The first-order valence-electron chi connectivity index (χ1n) is 18.0. The van der Waals surface area contributed by atoms with Crippen molar-refractivity contribution in [2.24, 2.45) is 0 Å². The van der Waals surface area contributed by atoms with E-state index in [-0.39, 0.29) is 8.41 Å². The summed E-state index contributed by atoms with van der Waals surface area (Å²) in [7, 11) is 18.8. The fraction of sp³-hybridized carbons (Fsp3) is 0.263. The normalized spacial score (nSPS) is 9.48. The molecule has 0 aliphatic heterocycles. The molecule has 11 radical (unpaired) electrons. The zero-order valence-corrected chi connectivity index (χ0v) is 38.7. The monoisotopic (exact) mass is 966 g/mol. The summed E-state index contributed by atoms with van der Waals surface area (Å²) in [6.07, 6.45) is 5.52. The third kappa shape index (κ3) is 10.9. The Balaban J connectivity index is 0.000000424. The summed E-state index contributed by atoms with van der Waals surface area (Å²) in [5, 5.41) is 2.22. The van der Waals surface area contributed by atoms with E-state index in [4.69, 9.17) is 25.4 Å². The van der Waals surface area contributed by atoms with Crippen LogP contribution in [0.25, 0.3) is 55.3 Å². The molecule has 8 aromatic rings. The number of pyridine rings is 4. The summed E-state index contributed by atoms with van der Waals surface area (Å²) in [6, 6.07) is 22.3. The molecular formula is C38H44B7I2N6V. The molecule has 0 aliphatic rings. The Kier molecular flexibility index (Phi) is 24.4. The molecular weight excluding hydrogens is 921 g/mol. The van der Waals surface area contributed by atoms with Crippen molar-refractivity contribution in [3.63, 3.8) is 0 Å². The second-order valence-corrected chi connectivity index (χ2v) is 21.9. The van der Waals surface area contributed by atoms with Crippen molar-refractivity contribution >= 4 is 159 Å². The topological polar surface area (TPSA) is 60.4 Å². The van der Waals surface area contributed by atoms with Crippen LogP contribution in [0.4, 0.5) is 0 Å². The van der Waals surface area contributed by atoms with Crippen LogP contribution in [-0.2, 0) is 9.47 Å². The van der Waals surface area contributed by atoms with Crippen molar-refractivity contribution in [2.75, 3.05) is 0 Å². The molecule has 6 heterocycles. The number of nitrogens with zero attached hydrogens (tertiary/aromatic N) is 6. The van der Waals surface area contributed by atoms with Crippen LogP contribution in [0, 0.1) is 13.8 Å². The van der Waals surface area contributed by atoms with Crippen molar-refractivity contribution in [1.29, 1.82) is 0 Å². The van der Waals surface area contributed by atoms with Gasteiger partial charge in [0.05, 0.1) is 27.6 Å². The van der Waals surface area contributed by atoms with Crippen molar-refractivity contribution in [1.82, 2.24) is 28.7 Å². The van der Waals surface area contributed by atoms with Gasteiger partial charge in [0.1, 0.15) is 31.3 Å². The first-order chi connectivity index (χ1) is 26.0. The third-order valence-corrected chi connectivity index (χ3v) is 7.78. The van der Waals surface area contributed by atoms with Crippen LogP contribution in [0.5, 0.6) is 0 Å². The van der Waals surface area contributed by atoms with Crippen LogP contribution in [0.3, 0.4) is 0 Å². The van der Waals surface area contributed by atoms with Gasteiger partial charge in [0, 0.05) is 67.4 Å². The van der Waals surface area contributed by atoms with E-state index < -0.39 is 0 Å². The molecule has 0 atom stereocenters. The second kappa shape index (κ2) is 26.5. The van der Waals surface area contributed by atoms with Crippen LogP contribution < -0.4 is 10.9 Å². The summed E-state index contributed by atoms with van der Waals surface area (Å²) in [5.41, 5.74) is 12.3. The van der Waals surface area contributed by atoms with Gasteiger partial charge in [-0.3, -0.25) is 13.8 Å². The van der Waals surface area contributed by atoms with E-state index in [9.17, 15) is 0 Å². The van der Waals surface area contributed by atoms with Gasteiger partial charge in [-0.15, -0.1) is 0 Å². The maximum atomic E-state index is 5.63. The van der Waals surface area contributed by atoms with Crippen molar-refractivity contribution in [3.8, 4) is 0 Å². The van der Waals surface area contributed by atoms with E-state index in [2.05, 4.69) is 90.8 Å². The van der Waals surface area contributed by atoms with Gasteiger partial charge in [0.25, 0.3) is 0 Å². The van der Waals surface area contributed by atoms with Crippen LogP contribution in [-0.4, -0.2) is 81.1 Å². The second-order valence-electron chi connectivity index (χ2n) is 10.1. The standard InChI is InChI=1S/2C15H10B3N3.4C2H6.B.2HI.V/c1-9-10-5-4-8-19-14(10)21-12-7-3-2-6-11(12)20-15(21)13(9)17-18-16;1-9-10-8-19-7-6-12(10)21-13-5-3-2-4-11(13)20-15(21)14(9)17-18-16;4*1-2;;;;/h2*2-8H,1H3;4*1-2H3;;2*1H;/q;;;;;;;;;+2/p-2. The molecule has 0 N–H and O–H groups in total. The number of benzene rings is 2. The van der Waals surface area contributed by atoms with Gasteiger partial charge < -0.3 is 0 Å². The van der Waals surface area contributed by atoms with Gasteiger partial charge in [-0.25, -0.2) is 15.0 Å². The van der Waals surface area contributed by atoms with Crippen LogP contribution >= 0.6 is 40.0 Å². The summed E-state index contributed by atoms with van der Waals surface area (Å²) < 4.78 is 4.28.